The molecule has 4 heteroatoms. The Hall–Kier alpha value is 0.230. The largest absolute Gasteiger partial charge is 0.376 e. The van der Waals surface area contributed by atoms with Crippen molar-refractivity contribution in [3.8, 4) is 0 Å². The van der Waals surface area contributed by atoms with Crippen LogP contribution in [0.25, 0.3) is 0 Å². The highest BCUT2D eigenvalue weighted by molar-refractivity contribution is 7.98. The molecule has 0 saturated carbocycles. The fourth-order valence-electron chi connectivity index (χ4n) is 2.34. The third-order valence-electron chi connectivity index (χ3n) is 3.38. The Kier molecular flexibility index (Phi) is 6.73. The van der Waals surface area contributed by atoms with Crippen molar-refractivity contribution < 1.29 is 4.74 Å². The molecule has 1 aliphatic rings. The number of rotatable bonds is 6. The molecule has 1 heterocycles. The van der Waals surface area contributed by atoms with Crippen LogP contribution in [0.15, 0.2) is 0 Å². The molecule has 0 aromatic carbocycles. The van der Waals surface area contributed by atoms with Crippen LogP contribution in [-0.4, -0.2) is 54.8 Å². The fourth-order valence-corrected chi connectivity index (χ4v) is 2.85. The maximum absolute atomic E-state index is 5.92. The molecule has 0 amide bonds. The van der Waals surface area contributed by atoms with Gasteiger partial charge in [-0.3, -0.25) is 4.90 Å². The Morgan fingerprint density at radius 3 is 2.88 bits per heavy atom. The van der Waals surface area contributed by atoms with Crippen LogP contribution in [0.4, 0.5) is 0 Å². The van der Waals surface area contributed by atoms with E-state index in [0.29, 0.717) is 18.2 Å². The highest BCUT2D eigenvalue weighted by Gasteiger charge is 2.30. The zero-order chi connectivity index (χ0) is 12.0. The summed E-state index contributed by atoms with van der Waals surface area (Å²) in [5, 5.41) is 0. The van der Waals surface area contributed by atoms with Crippen molar-refractivity contribution in [3.05, 3.63) is 0 Å². The third kappa shape index (κ3) is 3.91. The highest BCUT2D eigenvalue weighted by atomic mass is 32.2. The molecule has 0 aromatic heterocycles. The van der Waals surface area contributed by atoms with Crippen LogP contribution in [0, 0.1) is 0 Å². The summed E-state index contributed by atoms with van der Waals surface area (Å²) < 4.78 is 5.72. The van der Waals surface area contributed by atoms with Crippen LogP contribution >= 0.6 is 11.8 Å². The van der Waals surface area contributed by atoms with E-state index in [9.17, 15) is 0 Å². The topological polar surface area (TPSA) is 38.5 Å². The lowest BCUT2D eigenvalue weighted by Crippen LogP contribution is -2.55. The fraction of sp³-hybridized carbons (Fsp3) is 1.00. The predicted molar refractivity (Wildman–Crippen MR) is 72.0 cm³/mol. The summed E-state index contributed by atoms with van der Waals surface area (Å²) in [4.78, 5) is 2.57. The lowest BCUT2D eigenvalue weighted by Gasteiger charge is -2.43. The monoisotopic (exact) mass is 246 g/mol. The van der Waals surface area contributed by atoms with Crippen LogP contribution < -0.4 is 5.73 Å². The first kappa shape index (κ1) is 14.3. The van der Waals surface area contributed by atoms with Crippen LogP contribution in [0.3, 0.4) is 0 Å². The summed E-state index contributed by atoms with van der Waals surface area (Å²) >= 11 is 1.91. The number of nitrogens with two attached hydrogens (primary N) is 1. The summed E-state index contributed by atoms with van der Waals surface area (Å²) in [5.41, 5.74) is 5.92. The zero-order valence-corrected chi connectivity index (χ0v) is 11.6. The molecule has 3 atom stereocenters. The van der Waals surface area contributed by atoms with E-state index in [1.807, 2.05) is 11.8 Å². The van der Waals surface area contributed by atoms with Crippen molar-refractivity contribution in [3.63, 3.8) is 0 Å². The van der Waals surface area contributed by atoms with Gasteiger partial charge in [-0.05, 0) is 31.8 Å². The SMILES string of the molecule is CCC1COC(C)CN1C(CN)CCSC. The minimum Gasteiger partial charge on any atom is -0.376 e. The van der Waals surface area contributed by atoms with Gasteiger partial charge in [-0.2, -0.15) is 11.8 Å². The van der Waals surface area contributed by atoms with Gasteiger partial charge in [0, 0.05) is 25.2 Å². The molecule has 3 nitrogen and oxygen atoms in total. The molecule has 0 aromatic rings. The Balaban J connectivity index is 2.55. The number of hydrogen-bond acceptors (Lipinski definition) is 4. The van der Waals surface area contributed by atoms with E-state index in [1.165, 1.54) is 12.2 Å². The summed E-state index contributed by atoms with van der Waals surface area (Å²) in [6, 6.07) is 1.09. The minimum atomic E-state index is 0.353. The molecule has 1 aliphatic heterocycles. The van der Waals surface area contributed by atoms with E-state index >= 15 is 0 Å². The van der Waals surface area contributed by atoms with Gasteiger partial charge in [-0.15, -0.1) is 0 Å². The molecule has 0 bridgehead atoms. The molecule has 1 rings (SSSR count). The molecule has 2 N–H and O–H groups in total. The van der Waals surface area contributed by atoms with Gasteiger partial charge in [0.1, 0.15) is 0 Å². The van der Waals surface area contributed by atoms with E-state index in [2.05, 4.69) is 25.0 Å². The smallest absolute Gasteiger partial charge is 0.0674 e. The van der Waals surface area contributed by atoms with Crippen LogP contribution in [0.5, 0.6) is 0 Å². The molecule has 1 saturated heterocycles. The van der Waals surface area contributed by atoms with Crippen molar-refractivity contribution in [2.75, 3.05) is 31.7 Å². The van der Waals surface area contributed by atoms with Gasteiger partial charge in [-0.25, -0.2) is 0 Å². The van der Waals surface area contributed by atoms with Crippen molar-refractivity contribution in [2.24, 2.45) is 5.73 Å². The van der Waals surface area contributed by atoms with Gasteiger partial charge in [0.15, 0.2) is 0 Å². The lowest BCUT2D eigenvalue weighted by molar-refractivity contribution is -0.0714. The zero-order valence-electron chi connectivity index (χ0n) is 10.8. The summed E-state index contributed by atoms with van der Waals surface area (Å²) in [6.07, 6.45) is 4.86. The van der Waals surface area contributed by atoms with Gasteiger partial charge in [0.2, 0.25) is 0 Å². The van der Waals surface area contributed by atoms with Crippen molar-refractivity contribution in [2.45, 2.75) is 44.9 Å². The Morgan fingerprint density at radius 1 is 1.56 bits per heavy atom. The number of ether oxygens (including phenoxy) is 1. The number of nitrogens with zero attached hydrogens (tertiary/aromatic N) is 1. The molecule has 1 fully saturated rings. The molecule has 16 heavy (non-hydrogen) atoms. The average molecular weight is 246 g/mol. The molecule has 0 spiro atoms. The Labute approximate surface area is 104 Å². The predicted octanol–water partition coefficient (Wildman–Crippen LogP) is 1.57. The Morgan fingerprint density at radius 2 is 2.31 bits per heavy atom. The van der Waals surface area contributed by atoms with Gasteiger partial charge < -0.3 is 10.5 Å². The maximum Gasteiger partial charge on any atom is 0.0674 e. The van der Waals surface area contributed by atoms with Gasteiger partial charge in [0.05, 0.1) is 12.7 Å². The number of morpholine rings is 1. The molecule has 0 radical (unpaired) electrons. The van der Waals surface area contributed by atoms with Crippen molar-refractivity contribution in [1.82, 2.24) is 4.90 Å². The van der Waals surface area contributed by atoms with Gasteiger partial charge in [0.25, 0.3) is 0 Å². The van der Waals surface area contributed by atoms with E-state index in [4.69, 9.17) is 10.5 Å². The van der Waals surface area contributed by atoms with E-state index in [1.54, 1.807) is 0 Å². The standard InChI is InChI=1S/C12H26N2OS/c1-4-11-9-15-10(2)8-14(11)12(7-13)5-6-16-3/h10-12H,4-9,13H2,1-3H3. The summed E-state index contributed by atoms with van der Waals surface area (Å²) in [6.45, 7) is 7.06. The molecule has 96 valence electrons. The Bertz CT molecular complexity index is 192. The van der Waals surface area contributed by atoms with E-state index in [-0.39, 0.29) is 0 Å². The lowest BCUT2D eigenvalue weighted by atomic mass is 10.1. The van der Waals surface area contributed by atoms with Gasteiger partial charge in [-0.1, -0.05) is 6.92 Å². The maximum atomic E-state index is 5.92. The minimum absolute atomic E-state index is 0.353. The van der Waals surface area contributed by atoms with Crippen molar-refractivity contribution >= 4 is 11.8 Å². The first-order valence-corrected chi connectivity index (χ1v) is 7.68. The van der Waals surface area contributed by atoms with Crippen molar-refractivity contribution in [1.29, 1.82) is 0 Å². The third-order valence-corrected chi connectivity index (χ3v) is 4.02. The second-order valence-electron chi connectivity index (χ2n) is 4.57. The number of thioether (sulfide) groups is 1. The first-order chi connectivity index (χ1) is 7.72. The van der Waals surface area contributed by atoms with Crippen LogP contribution in [-0.2, 0) is 4.74 Å². The molecular formula is C12H26N2OS. The second kappa shape index (κ2) is 7.54. The highest BCUT2D eigenvalue weighted by Crippen LogP contribution is 2.19. The van der Waals surface area contributed by atoms with Crippen LogP contribution in [0.1, 0.15) is 26.7 Å². The molecular weight excluding hydrogens is 220 g/mol. The molecule has 3 unspecified atom stereocenters. The van der Waals surface area contributed by atoms with E-state index < -0.39 is 0 Å². The average Bonchev–Trinajstić information content (AvgIpc) is 2.30. The number of hydrogen-bond donors (Lipinski definition) is 1. The normalized spacial score (nSPS) is 29.2. The quantitative estimate of drug-likeness (QED) is 0.772. The van der Waals surface area contributed by atoms with Gasteiger partial charge >= 0.3 is 0 Å². The molecule has 0 aliphatic carbocycles. The second-order valence-corrected chi connectivity index (χ2v) is 5.56. The summed E-state index contributed by atoms with van der Waals surface area (Å²) in [7, 11) is 0. The first-order valence-electron chi connectivity index (χ1n) is 6.29. The van der Waals surface area contributed by atoms with Crippen LogP contribution in [0.2, 0.25) is 0 Å². The summed E-state index contributed by atoms with van der Waals surface area (Å²) in [5.74, 6) is 1.20. The van der Waals surface area contributed by atoms with E-state index in [0.717, 1.165) is 26.1 Å².